The van der Waals surface area contributed by atoms with Gasteiger partial charge in [0.1, 0.15) is 5.54 Å². The molecule has 1 aromatic carbocycles. The molecule has 1 saturated heterocycles. The van der Waals surface area contributed by atoms with Gasteiger partial charge in [-0.25, -0.2) is 4.79 Å². The number of aromatic nitrogens is 2. The second-order valence-corrected chi connectivity index (χ2v) is 8.88. The fraction of sp³-hybridized carbons (Fsp3) is 0.353. The molecule has 2 heterocycles. The molecule has 2 aromatic rings. The summed E-state index contributed by atoms with van der Waals surface area (Å²) >= 11 is 2.58. The molecule has 146 valence electrons. The van der Waals surface area contributed by atoms with Gasteiger partial charge < -0.3 is 10.6 Å². The van der Waals surface area contributed by atoms with Crippen LogP contribution in [0.4, 0.5) is 9.93 Å². The maximum atomic E-state index is 12.8. The SMILES string of the molecule is C[C@]1(c2ccccc2)NC(=O)N(NC(=O)CSc2nnc(NC3CC3)s2)C1=O. The van der Waals surface area contributed by atoms with Crippen molar-refractivity contribution in [3.8, 4) is 0 Å². The van der Waals surface area contributed by atoms with E-state index in [-0.39, 0.29) is 5.75 Å². The summed E-state index contributed by atoms with van der Waals surface area (Å²) in [6, 6.07) is 8.71. The van der Waals surface area contributed by atoms with Crippen molar-refractivity contribution < 1.29 is 14.4 Å². The number of carbonyl (C=O) groups is 3. The minimum atomic E-state index is -1.22. The van der Waals surface area contributed by atoms with E-state index in [0.717, 1.165) is 23.0 Å². The largest absolute Gasteiger partial charge is 0.357 e. The number of amides is 4. The van der Waals surface area contributed by atoms with Crippen LogP contribution in [0.15, 0.2) is 34.7 Å². The van der Waals surface area contributed by atoms with Gasteiger partial charge in [0.15, 0.2) is 4.34 Å². The molecular formula is C17H18N6O3S2. The van der Waals surface area contributed by atoms with Gasteiger partial charge in [-0.05, 0) is 25.3 Å². The molecule has 4 amide bonds. The first-order valence-corrected chi connectivity index (χ1v) is 10.5. The predicted molar refractivity (Wildman–Crippen MR) is 105 cm³/mol. The Morgan fingerprint density at radius 1 is 1.32 bits per heavy atom. The fourth-order valence-corrected chi connectivity index (χ4v) is 4.34. The van der Waals surface area contributed by atoms with Crippen molar-refractivity contribution in [3.05, 3.63) is 35.9 Å². The lowest BCUT2D eigenvalue weighted by Gasteiger charge is -2.22. The number of thioether (sulfide) groups is 1. The highest BCUT2D eigenvalue weighted by Crippen LogP contribution is 2.30. The number of hydrazine groups is 1. The van der Waals surface area contributed by atoms with Crippen LogP contribution in [0.2, 0.25) is 0 Å². The average molecular weight is 419 g/mol. The van der Waals surface area contributed by atoms with E-state index in [1.807, 2.05) is 6.07 Å². The number of rotatable bonds is 7. The van der Waals surface area contributed by atoms with E-state index in [2.05, 4.69) is 26.3 Å². The van der Waals surface area contributed by atoms with Crippen LogP contribution in [0.3, 0.4) is 0 Å². The minimum Gasteiger partial charge on any atom is -0.357 e. The van der Waals surface area contributed by atoms with Crippen molar-refractivity contribution in [3.63, 3.8) is 0 Å². The van der Waals surface area contributed by atoms with Crippen LogP contribution in [0.25, 0.3) is 0 Å². The Kier molecular flexibility index (Phi) is 4.94. The number of anilines is 1. The number of benzene rings is 1. The Bertz CT molecular complexity index is 917. The van der Waals surface area contributed by atoms with Crippen molar-refractivity contribution in [2.75, 3.05) is 11.1 Å². The van der Waals surface area contributed by atoms with Crippen molar-refractivity contribution in [1.29, 1.82) is 0 Å². The van der Waals surface area contributed by atoms with Crippen LogP contribution in [0, 0.1) is 0 Å². The fourth-order valence-electron chi connectivity index (χ4n) is 2.72. The van der Waals surface area contributed by atoms with E-state index < -0.39 is 23.4 Å². The molecule has 1 aromatic heterocycles. The molecule has 3 N–H and O–H groups in total. The smallest absolute Gasteiger partial charge is 0.344 e. The van der Waals surface area contributed by atoms with Gasteiger partial charge in [-0.2, -0.15) is 5.01 Å². The van der Waals surface area contributed by atoms with Gasteiger partial charge in [-0.15, -0.1) is 10.2 Å². The zero-order valence-corrected chi connectivity index (χ0v) is 16.6. The molecule has 11 heteroatoms. The average Bonchev–Trinajstić information content (AvgIpc) is 3.34. The van der Waals surface area contributed by atoms with E-state index in [4.69, 9.17) is 0 Å². The van der Waals surface area contributed by atoms with Gasteiger partial charge in [0.25, 0.3) is 5.91 Å². The zero-order chi connectivity index (χ0) is 19.7. The van der Waals surface area contributed by atoms with Gasteiger partial charge >= 0.3 is 6.03 Å². The zero-order valence-electron chi connectivity index (χ0n) is 15.0. The molecule has 0 radical (unpaired) electrons. The third-order valence-electron chi connectivity index (χ3n) is 4.42. The van der Waals surface area contributed by atoms with Gasteiger partial charge in [0, 0.05) is 6.04 Å². The first-order valence-electron chi connectivity index (χ1n) is 8.70. The number of hydrogen-bond acceptors (Lipinski definition) is 8. The molecule has 1 atom stereocenters. The van der Waals surface area contributed by atoms with E-state index in [1.54, 1.807) is 31.2 Å². The topological polar surface area (TPSA) is 116 Å². The summed E-state index contributed by atoms with van der Waals surface area (Å²) < 4.78 is 0.643. The van der Waals surface area contributed by atoms with Crippen LogP contribution in [0.1, 0.15) is 25.3 Å². The summed E-state index contributed by atoms with van der Waals surface area (Å²) in [5, 5.41) is 15.4. The van der Waals surface area contributed by atoms with Crippen LogP contribution in [-0.2, 0) is 15.1 Å². The molecular weight excluding hydrogens is 400 g/mol. The number of nitrogens with zero attached hydrogens (tertiary/aromatic N) is 3. The van der Waals surface area contributed by atoms with Crippen LogP contribution < -0.4 is 16.1 Å². The summed E-state index contributed by atoms with van der Waals surface area (Å²) in [7, 11) is 0. The summed E-state index contributed by atoms with van der Waals surface area (Å²) in [5.74, 6) is -0.997. The molecule has 0 bridgehead atoms. The second kappa shape index (κ2) is 7.40. The second-order valence-electron chi connectivity index (χ2n) is 6.68. The van der Waals surface area contributed by atoms with Crippen molar-refractivity contribution in [2.24, 2.45) is 0 Å². The van der Waals surface area contributed by atoms with E-state index in [0.29, 0.717) is 15.9 Å². The number of carbonyl (C=O) groups excluding carboxylic acids is 3. The lowest BCUT2D eigenvalue weighted by atomic mass is 9.92. The van der Waals surface area contributed by atoms with E-state index in [9.17, 15) is 14.4 Å². The summed E-state index contributed by atoms with van der Waals surface area (Å²) in [6.45, 7) is 1.61. The first kappa shape index (κ1) is 18.7. The van der Waals surface area contributed by atoms with Crippen molar-refractivity contribution in [1.82, 2.24) is 25.9 Å². The molecule has 1 aliphatic carbocycles. The van der Waals surface area contributed by atoms with Crippen LogP contribution >= 0.6 is 23.1 Å². The Morgan fingerprint density at radius 2 is 2.07 bits per heavy atom. The van der Waals surface area contributed by atoms with Gasteiger partial charge in [0.2, 0.25) is 11.0 Å². The predicted octanol–water partition coefficient (Wildman–Crippen LogP) is 1.70. The molecule has 9 nitrogen and oxygen atoms in total. The van der Waals surface area contributed by atoms with E-state index >= 15 is 0 Å². The Balaban J connectivity index is 1.34. The minimum absolute atomic E-state index is 0.0111. The highest BCUT2D eigenvalue weighted by atomic mass is 32.2. The highest BCUT2D eigenvalue weighted by Gasteiger charge is 2.49. The Hall–Kier alpha value is -2.66. The van der Waals surface area contributed by atoms with Crippen molar-refractivity contribution >= 4 is 46.1 Å². The molecule has 2 aliphatic rings. The Morgan fingerprint density at radius 3 is 2.79 bits per heavy atom. The van der Waals surface area contributed by atoms with Gasteiger partial charge in [0.05, 0.1) is 5.75 Å². The number of nitrogens with one attached hydrogen (secondary N) is 3. The summed E-state index contributed by atoms with van der Waals surface area (Å²) in [4.78, 5) is 37.2. The summed E-state index contributed by atoms with van der Waals surface area (Å²) in [5.41, 5.74) is 1.80. The molecule has 1 saturated carbocycles. The Labute approximate surface area is 169 Å². The first-order chi connectivity index (χ1) is 13.5. The molecule has 4 rings (SSSR count). The normalized spacial score (nSPS) is 21.5. The van der Waals surface area contributed by atoms with Crippen LogP contribution in [0.5, 0.6) is 0 Å². The highest BCUT2D eigenvalue weighted by molar-refractivity contribution is 8.01. The number of imide groups is 1. The maximum absolute atomic E-state index is 12.8. The summed E-state index contributed by atoms with van der Waals surface area (Å²) in [6.07, 6.45) is 2.27. The lowest BCUT2D eigenvalue weighted by molar-refractivity contribution is -0.138. The molecule has 1 aliphatic heterocycles. The van der Waals surface area contributed by atoms with Gasteiger partial charge in [-0.3, -0.25) is 15.0 Å². The van der Waals surface area contributed by atoms with Gasteiger partial charge in [-0.1, -0.05) is 53.4 Å². The van der Waals surface area contributed by atoms with Crippen molar-refractivity contribution in [2.45, 2.75) is 35.7 Å². The molecule has 28 heavy (non-hydrogen) atoms. The number of urea groups is 1. The van der Waals surface area contributed by atoms with E-state index in [1.165, 1.54) is 23.1 Å². The monoisotopic (exact) mass is 418 g/mol. The lowest BCUT2D eigenvalue weighted by Crippen LogP contribution is -2.48. The van der Waals surface area contributed by atoms with Crippen LogP contribution in [-0.4, -0.2) is 44.8 Å². The number of hydrogen-bond donors (Lipinski definition) is 3. The maximum Gasteiger partial charge on any atom is 0.344 e. The third kappa shape index (κ3) is 3.80. The molecule has 0 spiro atoms. The quantitative estimate of drug-likeness (QED) is 0.463. The third-order valence-corrected chi connectivity index (χ3v) is 6.40. The molecule has 0 unspecified atom stereocenters. The standard InChI is InChI=1S/C17H18N6O3S2/c1-17(10-5-3-2-4-6-10)13(25)23(15(26)19-17)22-12(24)9-27-16-21-20-14(28-16)18-11-7-8-11/h2-6,11H,7-9H2,1H3,(H,18,20)(H,19,26)(H,22,24)/t17-/m1/s1. The molecule has 2 fully saturated rings.